The number of hydrogen-bond acceptors (Lipinski definition) is 3. The van der Waals surface area contributed by atoms with Crippen molar-refractivity contribution in [3.63, 3.8) is 0 Å². The van der Waals surface area contributed by atoms with Gasteiger partial charge in [0.25, 0.3) is 0 Å². The molecule has 0 aromatic carbocycles. The van der Waals surface area contributed by atoms with Crippen molar-refractivity contribution in [1.82, 2.24) is 9.88 Å². The number of methoxy groups -OCH3 is 1. The van der Waals surface area contributed by atoms with Gasteiger partial charge in [0.15, 0.2) is 0 Å². The van der Waals surface area contributed by atoms with E-state index in [4.69, 9.17) is 4.74 Å². The van der Waals surface area contributed by atoms with Crippen molar-refractivity contribution < 1.29 is 4.74 Å². The molecule has 3 nitrogen and oxygen atoms in total. The summed E-state index contributed by atoms with van der Waals surface area (Å²) < 4.78 is 5.28. The van der Waals surface area contributed by atoms with Crippen LogP contribution < -0.4 is 0 Å². The minimum Gasteiger partial charge on any atom is -0.384 e. The highest BCUT2D eigenvalue weighted by atomic mass is 16.5. The molecule has 0 aliphatic carbocycles. The van der Waals surface area contributed by atoms with Crippen molar-refractivity contribution in [2.75, 3.05) is 27.3 Å². The monoisotopic (exact) mass is 206 g/mol. The number of aromatic nitrogens is 1. The SMILES string of the molecule is COC[C@@H]1CCN(C)[C@H]1c1cccnc1. The highest BCUT2D eigenvalue weighted by molar-refractivity contribution is 5.16. The third-order valence-electron chi connectivity index (χ3n) is 3.18. The Morgan fingerprint density at radius 3 is 3.13 bits per heavy atom. The van der Waals surface area contributed by atoms with Gasteiger partial charge in [0.05, 0.1) is 6.61 Å². The van der Waals surface area contributed by atoms with Gasteiger partial charge in [0, 0.05) is 31.5 Å². The Kier molecular flexibility index (Phi) is 3.34. The van der Waals surface area contributed by atoms with Gasteiger partial charge in [0.2, 0.25) is 0 Å². The van der Waals surface area contributed by atoms with Crippen LogP contribution in [-0.4, -0.2) is 37.2 Å². The highest BCUT2D eigenvalue weighted by Crippen LogP contribution is 2.35. The van der Waals surface area contributed by atoms with Crippen LogP contribution in [0.2, 0.25) is 0 Å². The zero-order chi connectivity index (χ0) is 10.7. The number of ether oxygens (including phenoxy) is 1. The van der Waals surface area contributed by atoms with Crippen LogP contribution in [0.4, 0.5) is 0 Å². The van der Waals surface area contributed by atoms with Gasteiger partial charge in [-0.15, -0.1) is 0 Å². The summed E-state index contributed by atoms with van der Waals surface area (Å²) in [6, 6.07) is 4.63. The van der Waals surface area contributed by atoms with Gasteiger partial charge in [-0.3, -0.25) is 9.88 Å². The maximum Gasteiger partial charge on any atom is 0.0509 e. The molecule has 0 unspecified atom stereocenters. The summed E-state index contributed by atoms with van der Waals surface area (Å²) in [6.45, 7) is 1.98. The molecule has 1 aromatic heterocycles. The fraction of sp³-hybridized carbons (Fsp3) is 0.583. The van der Waals surface area contributed by atoms with Crippen molar-refractivity contribution in [2.24, 2.45) is 5.92 Å². The average Bonchev–Trinajstić information content (AvgIpc) is 2.62. The first kappa shape index (κ1) is 10.6. The number of likely N-dealkylation sites (tertiary alicyclic amines) is 1. The molecule has 0 spiro atoms. The second kappa shape index (κ2) is 4.73. The number of pyridine rings is 1. The molecule has 1 fully saturated rings. The van der Waals surface area contributed by atoms with Gasteiger partial charge in [-0.1, -0.05) is 6.07 Å². The quantitative estimate of drug-likeness (QED) is 0.753. The lowest BCUT2D eigenvalue weighted by Crippen LogP contribution is -2.23. The molecule has 3 heteroatoms. The maximum atomic E-state index is 5.28. The molecule has 0 saturated carbocycles. The molecular formula is C12H18N2O. The Labute approximate surface area is 91.1 Å². The Morgan fingerprint density at radius 1 is 1.60 bits per heavy atom. The minimum absolute atomic E-state index is 0.471. The largest absolute Gasteiger partial charge is 0.384 e. The summed E-state index contributed by atoms with van der Waals surface area (Å²) in [5.41, 5.74) is 1.31. The van der Waals surface area contributed by atoms with Crippen LogP contribution in [0.25, 0.3) is 0 Å². The molecule has 15 heavy (non-hydrogen) atoms. The van der Waals surface area contributed by atoms with Gasteiger partial charge in [0.1, 0.15) is 0 Å². The molecule has 0 bridgehead atoms. The van der Waals surface area contributed by atoms with Gasteiger partial charge in [-0.25, -0.2) is 0 Å². The Bertz CT molecular complexity index is 300. The van der Waals surface area contributed by atoms with Crippen molar-refractivity contribution in [3.05, 3.63) is 30.1 Å². The molecule has 0 amide bonds. The molecule has 1 aliphatic heterocycles. The van der Waals surface area contributed by atoms with Crippen LogP contribution in [0.5, 0.6) is 0 Å². The lowest BCUT2D eigenvalue weighted by molar-refractivity contribution is 0.130. The zero-order valence-electron chi connectivity index (χ0n) is 9.39. The summed E-state index contributed by atoms with van der Waals surface area (Å²) in [7, 11) is 3.95. The molecule has 1 saturated heterocycles. The predicted octanol–water partition coefficient (Wildman–Crippen LogP) is 1.72. The van der Waals surface area contributed by atoms with Crippen LogP contribution in [0, 0.1) is 5.92 Å². The maximum absolute atomic E-state index is 5.28. The molecule has 82 valence electrons. The fourth-order valence-electron chi connectivity index (χ4n) is 2.49. The van der Waals surface area contributed by atoms with Crippen LogP contribution >= 0.6 is 0 Å². The second-order valence-electron chi connectivity index (χ2n) is 4.22. The smallest absolute Gasteiger partial charge is 0.0509 e. The van der Waals surface area contributed by atoms with E-state index in [0.29, 0.717) is 12.0 Å². The van der Waals surface area contributed by atoms with Crippen molar-refractivity contribution in [3.8, 4) is 0 Å². The van der Waals surface area contributed by atoms with E-state index in [1.165, 1.54) is 12.0 Å². The lowest BCUT2D eigenvalue weighted by Gasteiger charge is -2.24. The van der Waals surface area contributed by atoms with E-state index in [2.05, 4.69) is 23.0 Å². The molecule has 0 N–H and O–H groups in total. The Balaban J connectivity index is 2.17. The topological polar surface area (TPSA) is 25.4 Å². The normalized spacial score (nSPS) is 27.1. The second-order valence-corrected chi connectivity index (χ2v) is 4.22. The highest BCUT2D eigenvalue weighted by Gasteiger charge is 2.32. The number of hydrogen-bond donors (Lipinski definition) is 0. The van der Waals surface area contributed by atoms with Gasteiger partial charge in [-0.2, -0.15) is 0 Å². The summed E-state index contributed by atoms with van der Waals surface area (Å²) >= 11 is 0. The molecular weight excluding hydrogens is 188 g/mol. The van der Waals surface area contributed by atoms with E-state index >= 15 is 0 Å². The molecule has 2 rings (SSSR count). The van der Waals surface area contributed by atoms with Crippen LogP contribution in [-0.2, 0) is 4.74 Å². The van der Waals surface area contributed by atoms with Gasteiger partial charge >= 0.3 is 0 Å². The van der Waals surface area contributed by atoms with E-state index in [1.54, 1.807) is 7.11 Å². The molecule has 2 heterocycles. The van der Waals surface area contributed by atoms with E-state index in [9.17, 15) is 0 Å². The summed E-state index contributed by atoms with van der Waals surface area (Å²) in [5, 5.41) is 0. The van der Waals surface area contributed by atoms with Crippen LogP contribution in [0.1, 0.15) is 18.0 Å². The number of rotatable bonds is 3. The molecule has 0 radical (unpaired) electrons. The predicted molar refractivity (Wildman–Crippen MR) is 59.6 cm³/mol. The minimum atomic E-state index is 0.471. The summed E-state index contributed by atoms with van der Waals surface area (Å²) in [6.07, 6.45) is 5.00. The molecule has 1 aromatic rings. The molecule has 1 aliphatic rings. The van der Waals surface area contributed by atoms with E-state index in [1.807, 2.05) is 18.5 Å². The Hall–Kier alpha value is -0.930. The first-order valence-electron chi connectivity index (χ1n) is 5.42. The van der Waals surface area contributed by atoms with E-state index in [-0.39, 0.29) is 0 Å². The van der Waals surface area contributed by atoms with Crippen LogP contribution in [0.15, 0.2) is 24.5 Å². The number of nitrogens with zero attached hydrogens (tertiary/aromatic N) is 2. The summed E-state index contributed by atoms with van der Waals surface area (Å²) in [5.74, 6) is 0.601. The van der Waals surface area contributed by atoms with E-state index in [0.717, 1.165) is 13.2 Å². The van der Waals surface area contributed by atoms with Gasteiger partial charge < -0.3 is 4.74 Å². The Morgan fingerprint density at radius 2 is 2.47 bits per heavy atom. The first-order valence-corrected chi connectivity index (χ1v) is 5.42. The zero-order valence-corrected chi connectivity index (χ0v) is 9.39. The van der Waals surface area contributed by atoms with Crippen molar-refractivity contribution in [2.45, 2.75) is 12.5 Å². The van der Waals surface area contributed by atoms with Gasteiger partial charge in [-0.05, 0) is 31.6 Å². The standard InChI is InChI=1S/C12H18N2O/c1-14-7-5-11(9-15-2)12(14)10-4-3-6-13-8-10/h3-4,6,8,11-12H,5,7,9H2,1-2H3/t11-,12-/m0/s1. The third kappa shape index (κ3) is 2.19. The van der Waals surface area contributed by atoms with Crippen LogP contribution in [0.3, 0.4) is 0 Å². The lowest BCUT2D eigenvalue weighted by atomic mass is 9.96. The summed E-state index contributed by atoms with van der Waals surface area (Å²) in [4.78, 5) is 6.58. The first-order chi connectivity index (χ1) is 7.33. The van der Waals surface area contributed by atoms with Crippen molar-refractivity contribution in [1.29, 1.82) is 0 Å². The van der Waals surface area contributed by atoms with Crippen molar-refractivity contribution >= 4 is 0 Å². The third-order valence-corrected chi connectivity index (χ3v) is 3.18. The molecule has 2 atom stereocenters. The fourth-order valence-corrected chi connectivity index (χ4v) is 2.49. The van der Waals surface area contributed by atoms with E-state index < -0.39 is 0 Å². The average molecular weight is 206 g/mol.